The van der Waals surface area contributed by atoms with E-state index in [9.17, 15) is 14.0 Å². The molecule has 3 rings (SSSR count). The molecule has 0 saturated carbocycles. The summed E-state index contributed by atoms with van der Waals surface area (Å²) in [4.78, 5) is 29.3. The maximum absolute atomic E-state index is 14.7. The highest BCUT2D eigenvalue weighted by atomic mass is 19.1. The van der Waals surface area contributed by atoms with Gasteiger partial charge in [0, 0.05) is 43.1 Å². The molecule has 1 aliphatic heterocycles. The second-order valence-corrected chi connectivity index (χ2v) is 8.52. The maximum Gasteiger partial charge on any atom is 0.318 e. The zero-order chi connectivity index (χ0) is 21.8. The summed E-state index contributed by atoms with van der Waals surface area (Å²) in [5.41, 5.74) is 1.34. The van der Waals surface area contributed by atoms with Gasteiger partial charge in [-0.2, -0.15) is 0 Å². The third-order valence-electron chi connectivity index (χ3n) is 5.17. The number of hydrogen-bond acceptors (Lipinski definition) is 2. The summed E-state index contributed by atoms with van der Waals surface area (Å²) in [7, 11) is 0. The minimum atomic E-state index is -0.517. The van der Waals surface area contributed by atoms with E-state index >= 15 is 0 Å². The van der Waals surface area contributed by atoms with Crippen LogP contribution >= 0.6 is 0 Å². The quantitative estimate of drug-likeness (QED) is 0.785. The Labute approximate surface area is 177 Å². The van der Waals surface area contributed by atoms with Crippen LogP contribution in [0.3, 0.4) is 0 Å². The molecule has 0 bridgehead atoms. The SMILES string of the molecule is CC(C)CN(CC(=O)N1CCn2cccc2[C@@H]1c1ccccc1F)C(=O)NC(C)C. The van der Waals surface area contributed by atoms with Gasteiger partial charge in [-0.15, -0.1) is 0 Å². The highest BCUT2D eigenvalue weighted by Gasteiger charge is 2.34. The van der Waals surface area contributed by atoms with E-state index in [1.54, 1.807) is 28.0 Å². The van der Waals surface area contributed by atoms with E-state index in [2.05, 4.69) is 9.88 Å². The molecule has 0 spiro atoms. The number of aromatic nitrogens is 1. The van der Waals surface area contributed by atoms with Crippen molar-refractivity contribution < 1.29 is 14.0 Å². The van der Waals surface area contributed by atoms with Crippen molar-refractivity contribution in [2.24, 2.45) is 5.92 Å². The first kappa shape index (κ1) is 21.9. The van der Waals surface area contributed by atoms with Crippen molar-refractivity contribution in [1.29, 1.82) is 0 Å². The number of carbonyl (C=O) groups is 2. The summed E-state index contributed by atoms with van der Waals surface area (Å²) in [6, 6.07) is 9.61. The number of halogens is 1. The monoisotopic (exact) mass is 414 g/mol. The maximum atomic E-state index is 14.7. The van der Waals surface area contributed by atoms with Gasteiger partial charge in [0.2, 0.25) is 5.91 Å². The molecule has 1 N–H and O–H groups in total. The van der Waals surface area contributed by atoms with Gasteiger partial charge in [0.05, 0.1) is 0 Å². The fraction of sp³-hybridized carbons (Fsp3) is 0.478. The van der Waals surface area contributed by atoms with Crippen LogP contribution in [0.1, 0.15) is 45.0 Å². The number of amides is 3. The van der Waals surface area contributed by atoms with Crippen LogP contribution in [0.4, 0.5) is 9.18 Å². The highest BCUT2D eigenvalue weighted by Crippen LogP contribution is 2.33. The molecule has 0 aliphatic carbocycles. The molecule has 2 aromatic rings. The molecule has 2 heterocycles. The standard InChI is InChI=1S/C23H31FN4O2/c1-16(2)14-27(23(30)25-17(3)4)15-21(29)28-13-12-26-11-7-10-20(26)22(28)18-8-5-6-9-19(18)24/h5-11,16-17,22H,12-15H2,1-4H3,(H,25,30)/t22-/m0/s1. The number of nitrogens with zero attached hydrogens (tertiary/aromatic N) is 3. The van der Waals surface area contributed by atoms with Gasteiger partial charge in [0.15, 0.2) is 0 Å². The number of carbonyl (C=O) groups excluding carboxylic acids is 2. The van der Waals surface area contributed by atoms with Crippen LogP contribution in [0.15, 0.2) is 42.6 Å². The van der Waals surface area contributed by atoms with Crippen molar-refractivity contribution in [3.8, 4) is 0 Å². The van der Waals surface area contributed by atoms with Gasteiger partial charge in [-0.05, 0) is 38.0 Å². The normalized spacial score (nSPS) is 16.0. The van der Waals surface area contributed by atoms with Crippen LogP contribution in [0, 0.1) is 11.7 Å². The molecule has 0 fully saturated rings. The molecule has 7 heteroatoms. The summed E-state index contributed by atoms with van der Waals surface area (Å²) < 4.78 is 16.7. The molecule has 1 aliphatic rings. The van der Waals surface area contributed by atoms with E-state index in [1.165, 1.54) is 6.07 Å². The van der Waals surface area contributed by atoms with Crippen molar-refractivity contribution in [2.45, 2.75) is 46.3 Å². The molecule has 1 aromatic carbocycles. The molecule has 0 unspecified atom stereocenters. The number of urea groups is 1. The van der Waals surface area contributed by atoms with Crippen molar-refractivity contribution in [3.05, 3.63) is 59.7 Å². The lowest BCUT2D eigenvalue weighted by molar-refractivity contribution is -0.134. The minimum Gasteiger partial charge on any atom is -0.348 e. The molecule has 30 heavy (non-hydrogen) atoms. The van der Waals surface area contributed by atoms with Crippen LogP contribution in [-0.2, 0) is 11.3 Å². The van der Waals surface area contributed by atoms with Gasteiger partial charge in [0.25, 0.3) is 0 Å². The molecule has 0 saturated heterocycles. The summed E-state index contributed by atoms with van der Waals surface area (Å²) >= 11 is 0. The molecule has 1 aromatic heterocycles. The van der Waals surface area contributed by atoms with Crippen LogP contribution in [0.2, 0.25) is 0 Å². The number of rotatable bonds is 6. The van der Waals surface area contributed by atoms with Crippen molar-refractivity contribution >= 4 is 11.9 Å². The third-order valence-corrected chi connectivity index (χ3v) is 5.17. The number of nitrogens with one attached hydrogen (secondary N) is 1. The molecular weight excluding hydrogens is 383 g/mol. The summed E-state index contributed by atoms with van der Waals surface area (Å²) in [6.45, 7) is 9.33. The number of hydrogen-bond donors (Lipinski definition) is 1. The fourth-order valence-corrected chi connectivity index (χ4v) is 3.93. The number of fused-ring (bicyclic) bond motifs is 1. The molecule has 3 amide bonds. The van der Waals surface area contributed by atoms with E-state index in [0.717, 1.165) is 5.69 Å². The predicted molar refractivity (Wildman–Crippen MR) is 114 cm³/mol. The summed E-state index contributed by atoms with van der Waals surface area (Å²) in [5.74, 6) is -0.307. The van der Waals surface area contributed by atoms with Crippen molar-refractivity contribution in [1.82, 2.24) is 19.7 Å². The second kappa shape index (κ2) is 9.32. The van der Waals surface area contributed by atoms with Gasteiger partial charge in [0.1, 0.15) is 18.4 Å². The van der Waals surface area contributed by atoms with E-state index in [4.69, 9.17) is 0 Å². The predicted octanol–water partition coefficient (Wildman–Crippen LogP) is 3.63. The van der Waals surface area contributed by atoms with Crippen LogP contribution in [0.25, 0.3) is 0 Å². The highest BCUT2D eigenvalue weighted by molar-refractivity contribution is 5.85. The van der Waals surface area contributed by atoms with E-state index in [0.29, 0.717) is 25.2 Å². The fourth-order valence-electron chi connectivity index (χ4n) is 3.93. The Morgan fingerprint density at radius 1 is 1.13 bits per heavy atom. The van der Waals surface area contributed by atoms with Gasteiger partial charge >= 0.3 is 6.03 Å². The summed E-state index contributed by atoms with van der Waals surface area (Å²) in [5, 5.41) is 2.87. The second-order valence-electron chi connectivity index (χ2n) is 8.52. The average molecular weight is 415 g/mol. The third kappa shape index (κ3) is 4.83. The molecule has 0 radical (unpaired) electrons. The molecule has 162 valence electrons. The first-order chi connectivity index (χ1) is 14.3. The Kier molecular flexibility index (Phi) is 6.80. The Bertz CT molecular complexity index is 893. The zero-order valence-corrected chi connectivity index (χ0v) is 18.1. The average Bonchev–Trinajstić information content (AvgIpc) is 3.15. The van der Waals surface area contributed by atoms with Crippen LogP contribution < -0.4 is 5.32 Å². The van der Waals surface area contributed by atoms with Gasteiger partial charge < -0.3 is 19.7 Å². The Balaban J connectivity index is 1.89. The van der Waals surface area contributed by atoms with Crippen LogP contribution in [0.5, 0.6) is 0 Å². The molecule has 1 atom stereocenters. The molecular formula is C23H31FN4O2. The smallest absolute Gasteiger partial charge is 0.318 e. The van der Waals surface area contributed by atoms with E-state index in [-0.39, 0.29) is 36.3 Å². The Morgan fingerprint density at radius 2 is 1.87 bits per heavy atom. The van der Waals surface area contributed by atoms with Gasteiger partial charge in [-0.25, -0.2) is 9.18 Å². The number of benzene rings is 1. The topological polar surface area (TPSA) is 57.6 Å². The largest absolute Gasteiger partial charge is 0.348 e. The van der Waals surface area contributed by atoms with Crippen LogP contribution in [-0.4, -0.2) is 52.0 Å². The molecule has 6 nitrogen and oxygen atoms in total. The lowest BCUT2D eigenvalue weighted by Crippen LogP contribution is -2.51. The Morgan fingerprint density at radius 3 is 2.53 bits per heavy atom. The van der Waals surface area contributed by atoms with Gasteiger partial charge in [-0.1, -0.05) is 32.0 Å². The van der Waals surface area contributed by atoms with Crippen molar-refractivity contribution in [2.75, 3.05) is 19.6 Å². The Hall–Kier alpha value is -2.83. The first-order valence-electron chi connectivity index (χ1n) is 10.5. The van der Waals surface area contributed by atoms with Gasteiger partial charge in [-0.3, -0.25) is 4.79 Å². The van der Waals surface area contributed by atoms with Crippen molar-refractivity contribution in [3.63, 3.8) is 0 Å². The lowest BCUT2D eigenvalue weighted by atomic mass is 9.99. The van der Waals surface area contributed by atoms with E-state index in [1.807, 2.05) is 46.0 Å². The zero-order valence-electron chi connectivity index (χ0n) is 18.1. The first-order valence-corrected chi connectivity index (χ1v) is 10.5. The minimum absolute atomic E-state index is 0.0216. The lowest BCUT2D eigenvalue weighted by Gasteiger charge is -2.38. The summed E-state index contributed by atoms with van der Waals surface area (Å²) in [6.07, 6.45) is 1.95. The van der Waals surface area contributed by atoms with E-state index < -0.39 is 6.04 Å².